The second-order valence-electron chi connectivity index (χ2n) is 3.59. The summed E-state index contributed by atoms with van der Waals surface area (Å²) in [6, 6.07) is 4.53. The Morgan fingerprint density at radius 3 is 2.06 bits per heavy atom. The first-order valence-corrected chi connectivity index (χ1v) is 4.84. The van der Waals surface area contributed by atoms with Gasteiger partial charge in [0, 0.05) is 11.1 Å². The quantitative estimate of drug-likeness (QED) is 0.465. The van der Waals surface area contributed by atoms with E-state index in [9.17, 15) is 24.1 Å². The second-order valence-corrected chi connectivity index (χ2v) is 3.59. The molecule has 0 amide bonds. The molecule has 6 heteroatoms. The van der Waals surface area contributed by atoms with Gasteiger partial charge in [-0.05, 0) is 12.1 Å². The third-order valence-corrected chi connectivity index (χ3v) is 2.47. The van der Waals surface area contributed by atoms with Gasteiger partial charge in [-0.25, -0.2) is 0 Å². The van der Waals surface area contributed by atoms with Crippen molar-refractivity contribution in [3.8, 4) is 34.1 Å². The largest absolute Gasteiger partial charge is 0.505 e. The van der Waals surface area contributed by atoms with Gasteiger partial charge in [0.2, 0.25) is 11.6 Å². The molecule has 0 saturated carbocycles. The minimum absolute atomic E-state index is 0.137. The van der Waals surface area contributed by atoms with Crippen LogP contribution in [-0.2, 0) is 0 Å². The maximum atomic E-state index is 13.2. The lowest BCUT2D eigenvalue weighted by molar-refractivity contribution is 0.375. The Morgan fingerprint density at radius 1 is 0.722 bits per heavy atom. The summed E-state index contributed by atoms with van der Waals surface area (Å²) in [5, 5.41) is 37.5. The minimum Gasteiger partial charge on any atom is -0.505 e. The summed E-state index contributed by atoms with van der Waals surface area (Å²) in [6.45, 7) is 0. The van der Waals surface area contributed by atoms with Gasteiger partial charge in [-0.1, -0.05) is 12.1 Å². The van der Waals surface area contributed by atoms with Crippen LogP contribution in [0.15, 0.2) is 24.3 Å². The van der Waals surface area contributed by atoms with Crippen molar-refractivity contribution in [1.29, 1.82) is 0 Å². The highest BCUT2D eigenvalue weighted by atomic mass is 19.2. The lowest BCUT2D eigenvalue weighted by atomic mass is 10.0. The monoisotopic (exact) mass is 254 g/mol. The Bertz CT molecular complexity index is 626. The summed E-state index contributed by atoms with van der Waals surface area (Å²) < 4.78 is 26.2. The van der Waals surface area contributed by atoms with Crippen molar-refractivity contribution in [2.24, 2.45) is 0 Å². The van der Waals surface area contributed by atoms with Gasteiger partial charge in [-0.3, -0.25) is 0 Å². The second kappa shape index (κ2) is 4.06. The molecular formula is C12H8F2O4. The van der Waals surface area contributed by atoms with Crippen LogP contribution in [0.3, 0.4) is 0 Å². The summed E-state index contributed by atoms with van der Waals surface area (Å²) in [7, 11) is 0. The number of phenolic OH excluding ortho intramolecular Hbond substituents is 4. The van der Waals surface area contributed by atoms with Crippen molar-refractivity contribution in [3.63, 3.8) is 0 Å². The number of rotatable bonds is 1. The molecule has 18 heavy (non-hydrogen) atoms. The molecule has 0 aliphatic rings. The Kier molecular flexibility index (Phi) is 2.70. The van der Waals surface area contributed by atoms with Crippen molar-refractivity contribution in [3.05, 3.63) is 35.9 Å². The molecule has 0 unspecified atom stereocenters. The zero-order valence-electron chi connectivity index (χ0n) is 8.85. The molecule has 0 saturated heterocycles. The number of phenols is 4. The van der Waals surface area contributed by atoms with Crippen LogP contribution in [0.5, 0.6) is 23.0 Å². The third-order valence-electron chi connectivity index (χ3n) is 2.47. The van der Waals surface area contributed by atoms with Crippen LogP contribution in [0.1, 0.15) is 0 Å². The van der Waals surface area contributed by atoms with E-state index in [1.807, 2.05) is 0 Å². The van der Waals surface area contributed by atoms with E-state index in [2.05, 4.69) is 0 Å². The van der Waals surface area contributed by atoms with Crippen LogP contribution < -0.4 is 0 Å². The maximum absolute atomic E-state index is 13.2. The summed E-state index contributed by atoms with van der Waals surface area (Å²) in [6.07, 6.45) is 0. The Labute approximate surface area is 100.0 Å². The predicted molar refractivity (Wildman–Crippen MR) is 58.5 cm³/mol. The highest BCUT2D eigenvalue weighted by Crippen LogP contribution is 2.43. The van der Waals surface area contributed by atoms with Crippen molar-refractivity contribution in [2.75, 3.05) is 0 Å². The molecule has 2 aromatic carbocycles. The van der Waals surface area contributed by atoms with E-state index < -0.39 is 34.6 Å². The third kappa shape index (κ3) is 1.67. The number of hydrogen-bond acceptors (Lipinski definition) is 4. The zero-order chi connectivity index (χ0) is 13.4. The lowest BCUT2D eigenvalue weighted by Gasteiger charge is -2.10. The first kappa shape index (κ1) is 12.0. The van der Waals surface area contributed by atoms with Crippen molar-refractivity contribution >= 4 is 0 Å². The average Bonchev–Trinajstić information content (AvgIpc) is 2.35. The molecule has 0 heterocycles. The first-order valence-electron chi connectivity index (χ1n) is 4.84. The van der Waals surface area contributed by atoms with Crippen molar-refractivity contribution in [1.82, 2.24) is 0 Å². The predicted octanol–water partition coefficient (Wildman–Crippen LogP) is 2.45. The van der Waals surface area contributed by atoms with E-state index in [-0.39, 0.29) is 11.1 Å². The van der Waals surface area contributed by atoms with Gasteiger partial charge in [0.25, 0.3) is 0 Å². The summed E-state index contributed by atoms with van der Waals surface area (Å²) in [4.78, 5) is 0. The number of hydrogen-bond donors (Lipinski definition) is 4. The fraction of sp³-hybridized carbons (Fsp3) is 0. The fourth-order valence-electron chi connectivity index (χ4n) is 1.56. The minimum atomic E-state index is -1.63. The molecule has 4 N–H and O–H groups in total. The molecule has 0 spiro atoms. The molecule has 0 aliphatic carbocycles. The highest BCUT2D eigenvalue weighted by molar-refractivity contribution is 5.78. The van der Waals surface area contributed by atoms with Crippen LogP contribution in [0.4, 0.5) is 8.78 Å². The van der Waals surface area contributed by atoms with Crippen LogP contribution >= 0.6 is 0 Å². The SMILES string of the molecule is Oc1cccc(-c2cc(O)c(F)c(F)c2O)c1O. The summed E-state index contributed by atoms with van der Waals surface area (Å²) >= 11 is 0. The molecule has 0 aromatic heterocycles. The van der Waals surface area contributed by atoms with Gasteiger partial charge in [0.05, 0.1) is 0 Å². The number of benzene rings is 2. The first-order chi connectivity index (χ1) is 8.43. The molecule has 0 atom stereocenters. The van der Waals surface area contributed by atoms with Crippen LogP contribution in [0, 0.1) is 11.6 Å². The van der Waals surface area contributed by atoms with Crippen LogP contribution in [-0.4, -0.2) is 20.4 Å². The fourth-order valence-corrected chi connectivity index (χ4v) is 1.56. The molecule has 4 nitrogen and oxygen atoms in total. The van der Waals surface area contributed by atoms with E-state index in [0.29, 0.717) is 0 Å². The Balaban J connectivity index is 2.76. The van der Waals surface area contributed by atoms with Gasteiger partial charge >= 0.3 is 0 Å². The smallest absolute Gasteiger partial charge is 0.204 e. The molecule has 0 fully saturated rings. The van der Waals surface area contributed by atoms with Gasteiger partial charge in [0.15, 0.2) is 23.0 Å². The molecule has 94 valence electrons. The lowest BCUT2D eigenvalue weighted by Crippen LogP contribution is -1.90. The van der Waals surface area contributed by atoms with Crippen LogP contribution in [0.25, 0.3) is 11.1 Å². The van der Waals surface area contributed by atoms with Gasteiger partial charge in [-0.2, -0.15) is 8.78 Å². The van der Waals surface area contributed by atoms with Crippen LogP contribution in [0.2, 0.25) is 0 Å². The maximum Gasteiger partial charge on any atom is 0.204 e. The van der Waals surface area contributed by atoms with E-state index in [0.717, 1.165) is 6.07 Å². The van der Waals surface area contributed by atoms with Gasteiger partial charge in [0.1, 0.15) is 0 Å². The van der Waals surface area contributed by atoms with E-state index in [1.165, 1.54) is 18.2 Å². The standard InChI is InChI=1S/C12H8F2O4/c13-9-8(16)4-6(12(18)10(9)14)5-2-1-3-7(15)11(5)17/h1-4,15-18H. The number of aromatic hydroxyl groups is 4. The summed E-state index contributed by atoms with van der Waals surface area (Å²) in [5.74, 6) is -6.40. The Hall–Kier alpha value is -2.50. The Morgan fingerprint density at radius 2 is 1.39 bits per heavy atom. The molecule has 0 aliphatic heterocycles. The average molecular weight is 254 g/mol. The summed E-state index contributed by atoms with van der Waals surface area (Å²) in [5.41, 5.74) is -0.471. The van der Waals surface area contributed by atoms with Gasteiger partial charge in [-0.15, -0.1) is 0 Å². The molecule has 2 aromatic rings. The zero-order valence-corrected chi connectivity index (χ0v) is 8.85. The normalized spacial score (nSPS) is 10.6. The van der Waals surface area contributed by atoms with E-state index in [4.69, 9.17) is 5.11 Å². The topological polar surface area (TPSA) is 80.9 Å². The van der Waals surface area contributed by atoms with E-state index >= 15 is 0 Å². The van der Waals surface area contributed by atoms with E-state index in [1.54, 1.807) is 0 Å². The molecule has 0 bridgehead atoms. The van der Waals surface area contributed by atoms with Crippen molar-refractivity contribution in [2.45, 2.75) is 0 Å². The molecular weight excluding hydrogens is 246 g/mol. The number of para-hydroxylation sites is 1. The molecule has 2 rings (SSSR count). The number of halogens is 2. The molecule has 0 radical (unpaired) electrons. The highest BCUT2D eigenvalue weighted by Gasteiger charge is 2.21. The van der Waals surface area contributed by atoms with Gasteiger partial charge < -0.3 is 20.4 Å². The van der Waals surface area contributed by atoms with Crippen molar-refractivity contribution < 1.29 is 29.2 Å².